The first kappa shape index (κ1) is 46.5. The van der Waals surface area contributed by atoms with Crippen LogP contribution in [0.25, 0.3) is 0 Å². The average molecular weight is 853 g/mol. The summed E-state index contributed by atoms with van der Waals surface area (Å²) in [4.78, 5) is 62.6. The SMILES string of the molecule is CCCSc1nc(N2CCCC(C(C)(C)C(=O)O)C2)ccc1C(=O)NC1CCCCC1.CCCSc1nc(N2CC[C@H](CC(=O)O)C2)ccc1C(=O)NC1CCCCC1. The molecule has 2 saturated carbocycles. The van der Waals surface area contributed by atoms with E-state index in [9.17, 15) is 24.3 Å². The minimum atomic E-state index is -0.766. The molecular weight excluding hydrogens is 785 g/mol. The third kappa shape index (κ3) is 13.5. The Balaban J connectivity index is 0.000000225. The van der Waals surface area contributed by atoms with Crippen LogP contribution in [0.4, 0.5) is 11.6 Å². The Hall–Kier alpha value is -3.52. The molecule has 4 fully saturated rings. The van der Waals surface area contributed by atoms with Crippen molar-refractivity contribution in [1.82, 2.24) is 20.6 Å². The zero-order valence-corrected chi connectivity index (χ0v) is 37.4. The summed E-state index contributed by atoms with van der Waals surface area (Å²) < 4.78 is 0. The van der Waals surface area contributed by atoms with Gasteiger partial charge >= 0.3 is 11.9 Å². The highest BCUT2D eigenvalue weighted by Gasteiger charge is 2.39. The maximum absolute atomic E-state index is 13.0. The fraction of sp³-hybridized carbons (Fsp3) is 0.689. The van der Waals surface area contributed by atoms with E-state index in [-0.39, 0.29) is 42.2 Å². The summed E-state index contributed by atoms with van der Waals surface area (Å²) in [6, 6.07) is 8.19. The van der Waals surface area contributed by atoms with Gasteiger partial charge in [0.1, 0.15) is 21.7 Å². The fourth-order valence-electron chi connectivity index (χ4n) is 8.60. The number of rotatable bonds is 16. The van der Waals surface area contributed by atoms with Gasteiger partial charge in [-0.2, -0.15) is 0 Å². The Bertz CT molecular complexity index is 1720. The Morgan fingerprint density at radius 2 is 1.17 bits per heavy atom. The molecule has 59 heavy (non-hydrogen) atoms. The van der Waals surface area contributed by atoms with Gasteiger partial charge in [0.25, 0.3) is 11.8 Å². The lowest BCUT2D eigenvalue weighted by Gasteiger charge is -2.39. The summed E-state index contributed by atoms with van der Waals surface area (Å²) in [5.41, 5.74) is 0.555. The molecule has 4 heterocycles. The van der Waals surface area contributed by atoms with Crippen LogP contribution >= 0.6 is 23.5 Å². The van der Waals surface area contributed by atoms with Gasteiger partial charge in [-0.15, -0.1) is 23.5 Å². The number of carbonyl (C=O) groups excluding carboxylic acids is 2. The lowest BCUT2D eigenvalue weighted by atomic mass is 9.74. The van der Waals surface area contributed by atoms with Crippen LogP contribution < -0.4 is 20.4 Å². The predicted octanol–water partition coefficient (Wildman–Crippen LogP) is 8.92. The topological polar surface area (TPSA) is 165 Å². The van der Waals surface area contributed by atoms with Crippen LogP contribution in [0.5, 0.6) is 0 Å². The normalized spacial score (nSPS) is 20.4. The molecule has 2 atom stereocenters. The van der Waals surface area contributed by atoms with Gasteiger partial charge in [-0.25, -0.2) is 9.97 Å². The fourth-order valence-corrected chi connectivity index (χ4v) is 10.3. The molecular formula is C45H68N6O6S2. The summed E-state index contributed by atoms with van der Waals surface area (Å²) in [6.07, 6.45) is 16.5. The third-order valence-corrected chi connectivity index (χ3v) is 14.7. The second-order valence-electron chi connectivity index (χ2n) is 17.4. The summed E-state index contributed by atoms with van der Waals surface area (Å²) in [5, 5.41) is 26.7. The molecule has 0 aromatic carbocycles. The maximum atomic E-state index is 13.0. The quantitative estimate of drug-likeness (QED) is 0.119. The van der Waals surface area contributed by atoms with Crippen molar-refractivity contribution in [1.29, 1.82) is 0 Å². The smallest absolute Gasteiger partial charge is 0.309 e. The number of amides is 2. The summed E-state index contributed by atoms with van der Waals surface area (Å²) in [6.45, 7) is 11.0. The van der Waals surface area contributed by atoms with Gasteiger partial charge in [0.15, 0.2) is 0 Å². The molecule has 12 nitrogen and oxygen atoms in total. The number of pyridine rings is 2. The molecule has 2 aliphatic heterocycles. The molecule has 2 aromatic rings. The largest absolute Gasteiger partial charge is 0.481 e. The van der Waals surface area contributed by atoms with Crippen molar-refractivity contribution >= 4 is 58.9 Å². The molecule has 4 aliphatic rings. The number of aliphatic carboxylic acids is 2. The number of carboxylic acid groups (broad SMARTS) is 2. The Morgan fingerprint density at radius 3 is 1.63 bits per heavy atom. The Labute approximate surface area is 360 Å². The van der Waals surface area contributed by atoms with Crippen LogP contribution in [-0.2, 0) is 9.59 Å². The first-order valence-corrected chi connectivity index (χ1v) is 24.2. The molecule has 0 spiro atoms. The van der Waals surface area contributed by atoms with Gasteiger partial charge in [0.05, 0.1) is 16.5 Å². The van der Waals surface area contributed by atoms with Gasteiger partial charge in [0.2, 0.25) is 0 Å². The van der Waals surface area contributed by atoms with Gasteiger partial charge in [-0.05, 0) is 119 Å². The highest BCUT2D eigenvalue weighted by atomic mass is 32.2. The number of hydrogen-bond donors (Lipinski definition) is 4. The van der Waals surface area contributed by atoms with Crippen LogP contribution in [0.15, 0.2) is 34.3 Å². The third-order valence-electron chi connectivity index (χ3n) is 12.3. The molecule has 6 rings (SSSR count). The monoisotopic (exact) mass is 852 g/mol. The summed E-state index contributed by atoms with van der Waals surface area (Å²) in [5.74, 6) is 2.23. The van der Waals surface area contributed by atoms with E-state index in [0.29, 0.717) is 24.2 Å². The average Bonchev–Trinajstić information content (AvgIpc) is 3.70. The van der Waals surface area contributed by atoms with Crippen molar-refractivity contribution in [2.45, 2.75) is 153 Å². The van der Waals surface area contributed by atoms with Gasteiger partial charge in [0, 0.05) is 44.7 Å². The van der Waals surface area contributed by atoms with Crippen molar-refractivity contribution in [3.05, 3.63) is 35.4 Å². The standard InChI is InChI=1S/C24H37N3O3S.C21H31N3O3S/c1-4-15-31-22-19(21(28)25-18-10-6-5-7-11-18)12-13-20(26-22)27-14-8-9-17(16-27)24(2,3)23(29)30;1-2-12-28-21-17(20(27)22-16-6-4-3-5-7-16)8-9-18(23-21)24-11-10-15(14-24)13-19(25)26/h12-13,17-18H,4-11,14-16H2,1-3H3,(H,25,28)(H,29,30);8-9,15-16H,2-7,10-14H2,1H3,(H,22,27)(H,25,26)/t;15-/m.1/s1. The van der Waals surface area contributed by atoms with Crippen molar-refractivity contribution in [3.63, 3.8) is 0 Å². The summed E-state index contributed by atoms with van der Waals surface area (Å²) in [7, 11) is 0. The molecule has 2 amide bonds. The number of thioether (sulfide) groups is 2. The van der Waals surface area contributed by atoms with Gasteiger partial charge in [-0.1, -0.05) is 52.4 Å². The van der Waals surface area contributed by atoms with E-state index in [1.165, 1.54) is 38.5 Å². The van der Waals surface area contributed by atoms with Crippen LogP contribution in [0, 0.1) is 17.3 Å². The molecule has 2 aromatic heterocycles. The van der Waals surface area contributed by atoms with E-state index in [1.54, 1.807) is 23.5 Å². The van der Waals surface area contributed by atoms with Gasteiger partial charge in [-0.3, -0.25) is 19.2 Å². The highest BCUT2D eigenvalue weighted by Crippen LogP contribution is 2.36. The number of anilines is 2. The van der Waals surface area contributed by atoms with Crippen LogP contribution in [0.1, 0.15) is 151 Å². The number of nitrogens with one attached hydrogen (secondary N) is 2. The van der Waals surface area contributed by atoms with E-state index in [4.69, 9.17) is 15.1 Å². The Kier molecular flexibility index (Phi) is 18.1. The summed E-state index contributed by atoms with van der Waals surface area (Å²) >= 11 is 3.26. The lowest BCUT2D eigenvalue weighted by Crippen LogP contribution is -2.45. The molecule has 0 radical (unpaired) electrons. The Morgan fingerprint density at radius 1 is 0.678 bits per heavy atom. The van der Waals surface area contributed by atoms with E-state index in [0.717, 1.165) is 104 Å². The van der Waals surface area contributed by atoms with Crippen LogP contribution in [0.2, 0.25) is 0 Å². The number of hydrogen-bond acceptors (Lipinski definition) is 10. The van der Waals surface area contributed by atoms with Crippen LogP contribution in [0.3, 0.4) is 0 Å². The van der Waals surface area contributed by atoms with E-state index >= 15 is 0 Å². The maximum Gasteiger partial charge on any atom is 0.309 e. The zero-order chi connectivity index (χ0) is 42.4. The molecule has 1 unspecified atom stereocenters. The van der Waals surface area contributed by atoms with Crippen molar-refractivity contribution < 1.29 is 29.4 Å². The van der Waals surface area contributed by atoms with E-state index < -0.39 is 17.4 Å². The second-order valence-corrected chi connectivity index (χ2v) is 19.5. The van der Waals surface area contributed by atoms with Crippen molar-refractivity contribution in [2.24, 2.45) is 17.3 Å². The first-order chi connectivity index (χ1) is 28.4. The number of carbonyl (C=O) groups is 4. The second kappa shape index (κ2) is 22.9. The molecule has 4 N–H and O–H groups in total. The number of nitrogens with zero attached hydrogens (tertiary/aromatic N) is 4. The van der Waals surface area contributed by atoms with Gasteiger partial charge < -0.3 is 30.6 Å². The van der Waals surface area contributed by atoms with E-state index in [2.05, 4.69) is 34.3 Å². The minimum Gasteiger partial charge on any atom is -0.481 e. The van der Waals surface area contributed by atoms with Crippen molar-refractivity contribution in [3.8, 4) is 0 Å². The van der Waals surface area contributed by atoms with Crippen LogP contribution in [-0.4, -0.2) is 93.7 Å². The number of aromatic nitrogens is 2. The number of carboxylic acids is 2. The molecule has 0 bridgehead atoms. The zero-order valence-electron chi connectivity index (χ0n) is 35.8. The lowest BCUT2D eigenvalue weighted by molar-refractivity contribution is -0.150. The number of piperidine rings is 1. The molecule has 14 heteroatoms. The molecule has 2 aliphatic carbocycles. The predicted molar refractivity (Wildman–Crippen MR) is 238 cm³/mol. The highest BCUT2D eigenvalue weighted by molar-refractivity contribution is 7.99. The van der Waals surface area contributed by atoms with Crippen molar-refractivity contribution in [2.75, 3.05) is 47.5 Å². The molecule has 2 saturated heterocycles. The van der Waals surface area contributed by atoms with E-state index in [1.807, 2.05) is 38.1 Å². The first-order valence-electron chi connectivity index (χ1n) is 22.2. The molecule has 326 valence electrons. The minimum absolute atomic E-state index is 0.0188.